The van der Waals surface area contributed by atoms with E-state index in [9.17, 15) is 14.0 Å². The van der Waals surface area contributed by atoms with Crippen molar-refractivity contribution in [2.45, 2.75) is 6.42 Å². The minimum Gasteiger partial charge on any atom is -0.481 e. The third-order valence-corrected chi connectivity index (χ3v) is 3.87. The van der Waals surface area contributed by atoms with Gasteiger partial charge in [0.2, 0.25) is 5.91 Å². The quantitative estimate of drug-likeness (QED) is 0.711. The molecule has 1 heterocycles. The molecule has 0 aliphatic carbocycles. The highest BCUT2D eigenvalue weighted by Crippen LogP contribution is 2.18. The zero-order valence-electron chi connectivity index (χ0n) is 14.1. The molecule has 0 bridgehead atoms. The van der Waals surface area contributed by atoms with Crippen LogP contribution in [0.1, 0.15) is 6.42 Å². The number of likely N-dealkylation sites (tertiary alicyclic amines) is 1. The SMILES string of the molecule is CN(C)CCCNC(=O)C1CN(C(=O)COc2ccccc2F)C1. The fourth-order valence-corrected chi connectivity index (χ4v) is 2.39. The number of para-hydroxylation sites is 1. The second kappa shape index (κ2) is 8.63. The van der Waals surface area contributed by atoms with E-state index < -0.39 is 5.82 Å². The number of ether oxygens (including phenoxy) is 1. The molecule has 1 saturated heterocycles. The average Bonchev–Trinajstić information content (AvgIpc) is 2.49. The molecule has 24 heavy (non-hydrogen) atoms. The normalized spacial score (nSPS) is 14.4. The summed E-state index contributed by atoms with van der Waals surface area (Å²) in [6.45, 7) is 2.11. The van der Waals surface area contributed by atoms with Crippen LogP contribution in [-0.4, -0.2) is 68.5 Å². The largest absolute Gasteiger partial charge is 0.481 e. The first-order valence-corrected chi connectivity index (χ1v) is 8.05. The Morgan fingerprint density at radius 3 is 2.71 bits per heavy atom. The van der Waals surface area contributed by atoms with E-state index in [1.54, 1.807) is 17.0 Å². The first kappa shape index (κ1) is 18.2. The van der Waals surface area contributed by atoms with E-state index in [0.717, 1.165) is 13.0 Å². The molecule has 0 spiro atoms. The van der Waals surface area contributed by atoms with Crippen molar-refractivity contribution in [3.8, 4) is 5.75 Å². The van der Waals surface area contributed by atoms with E-state index in [1.165, 1.54) is 12.1 Å². The Bertz CT molecular complexity index is 574. The Kier molecular flexibility index (Phi) is 6.54. The van der Waals surface area contributed by atoms with Crippen molar-refractivity contribution in [2.75, 3.05) is 46.9 Å². The molecule has 1 aromatic carbocycles. The molecule has 0 saturated carbocycles. The van der Waals surface area contributed by atoms with Gasteiger partial charge in [-0.2, -0.15) is 0 Å². The van der Waals surface area contributed by atoms with Crippen LogP contribution < -0.4 is 10.1 Å². The summed E-state index contributed by atoms with van der Waals surface area (Å²) >= 11 is 0. The van der Waals surface area contributed by atoms with Crippen LogP contribution in [-0.2, 0) is 9.59 Å². The fourth-order valence-electron chi connectivity index (χ4n) is 2.39. The lowest BCUT2D eigenvalue weighted by Crippen LogP contribution is -2.56. The minimum absolute atomic E-state index is 0.0205. The van der Waals surface area contributed by atoms with Crippen molar-refractivity contribution in [1.82, 2.24) is 15.1 Å². The van der Waals surface area contributed by atoms with Gasteiger partial charge in [0.05, 0.1) is 5.92 Å². The molecule has 2 rings (SSSR count). The molecule has 1 aliphatic heterocycles. The molecule has 1 N–H and O–H groups in total. The van der Waals surface area contributed by atoms with Crippen LogP contribution in [0.3, 0.4) is 0 Å². The number of hydrogen-bond donors (Lipinski definition) is 1. The highest BCUT2D eigenvalue weighted by Gasteiger charge is 2.35. The Labute approximate surface area is 141 Å². The van der Waals surface area contributed by atoms with Gasteiger partial charge in [-0.1, -0.05) is 12.1 Å². The number of hydrogen-bond acceptors (Lipinski definition) is 4. The van der Waals surface area contributed by atoms with Crippen molar-refractivity contribution >= 4 is 11.8 Å². The number of benzene rings is 1. The summed E-state index contributed by atoms with van der Waals surface area (Å²) in [5, 5.41) is 2.88. The molecular weight excluding hydrogens is 313 g/mol. The van der Waals surface area contributed by atoms with E-state index in [0.29, 0.717) is 19.6 Å². The molecule has 1 fully saturated rings. The van der Waals surface area contributed by atoms with E-state index >= 15 is 0 Å². The maximum absolute atomic E-state index is 13.4. The van der Waals surface area contributed by atoms with Crippen LogP contribution in [0.15, 0.2) is 24.3 Å². The van der Waals surface area contributed by atoms with Crippen LogP contribution in [0.4, 0.5) is 4.39 Å². The summed E-state index contributed by atoms with van der Waals surface area (Å²) in [7, 11) is 3.97. The van der Waals surface area contributed by atoms with E-state index in [2.05, 4.69) is 10.2 Å². The first-order valence-electron chi connectivity index (χ1n) is 8.05. The zero-order valence-corrected chi connectivity index (χ0v) is 14.1. The summed E-state index contributed by atoms with van der Waals surface area (Å²) in [5.41, 5.74) is 0. The molecular formula is C17H24FN3O3. The highest BCUT2D eigenvalue weighted by molar-refractivity contribution is 5.85. The number of halogens is 1. The van der Waals surface area contributed by atoms with Crippen molar-refractivity contribution < 1.29 is 18.7 Å². The molecule has 7 heteroatoms. The summed E-state index contributed by atoms with van der Waals surface area (Å²) in [6.07, 6.45) is 0.893. The lowest BCUT2D eigenvalue weighted by Gasteiger charge is -2.38. The summed E-state index contributed by atoms with van der Waals surface area (Å²) < 4.78 is 18.6. The monoisotopic (exact) mass is 337 g/mol. The molecule has 0 radical (unpaired) electrons. The van der Waals surface area contributed by atoms with Gasteiger partial charge in [-0.05, 0) is 39.2 Å². The van der Waals surface area contributed by atoms with E-state index in [1.807, 2.05) is 14.1 Å². The molecule has 0 unspecified atom stereocenters. The Morgan fingerprint density at radius 1 is 1.33 bits per heavy atom. The number of nitrogens with zero attached hydrogens (tertiary/aromatic N) is 2. The van der Waals surface area contributed by atoms with E-state index in [4.69, 9.17) is 4.74 Å². The maximum Gasteiger partial charge on any atom is 0.260 e. The van der Waals surface area contributed by atoms with Crippen LogP contribution >= 0.6 is 0 Å². The molecule has 2 amide bonds. The molecule has 6 nitrogen and oxygen atoms in total. The smallest absolute Gasteiger partial charge is 0.260 e. The van der Waals surface area contributed by atoms with E-state index in [-0.39, 0.29) is 30.1 Å². The van der Waals surface area contributed by atoms with Gasteiger partial charge in [-0.3, -0.25) is 9.59 Å². The third-order valence-electron chi connectivity index (χ3n) is 3.87. The molecule has 1 aromatic rings. The number of carbonyl (C=O) groups excluding carboxylic acids is 2. The predicted molar refractivity (Wildman–Crippen MR) is 88.1 cm³/mol. The first-order chi connectivity index (χ1) is 11.5. The van der Waals surface area contributed by atoms with Crippen LogP contribution in [0.25, 0.3) is 0 Å². The Balaban J connectivity index is 1.63. The van der Waals surface area contributed by atoms with Crippen LogP contribution in [0, 0.1) is 11.7 Å². The lowest BCUT2D eigenvalue weighted by atomic mass is 9.99. The fraction of sp³-hybridized carbons (Fsp3) is 0.529. The van der Waals surface area contributed by atoms with Crippen molar-refractivity contribution in [2.24, 2.45) is 5.92 Å². The number of amides is 2. The van der Waals surface area contributed by atoms with Crippen molar-refractivity contribution in [3.63, 3.8) is 0 Å². The van der Waals surface area contributed by atoms with Gasteiger partial charge in [-0.25, -0.2) is 4.39 Å². The molecule has 1 aliphatic rings. The number of nitrogens with one attached hydrogen (secondary N) is 1. The topological polar surface area (TPSA) is 61.9 Å². The zero-order chi connectivity index (χ0) is 17.5. The van der Waals surface area contributed by atoms with Crippen LogP contribution in [0.2, 0.25) is 0 Å². The number of carbonyl (C=O) groups is 2. The van der Waals surface area contributed by atoms with Gasteiger partial charge in [-0.15, -0.1) is 0 Å². The van der Waals surface area contributed by atoms with Gasteiger partial charge in [0.15, 0.2) is 18.2 Å². The number of rotatable bonds is 8. The predicted octanol–water partition coefficient (Wildman–Crippen LogP) is 0.731. The van der Waals surface area contributed by atoms with Gasteiger partial charge in [0, 0.05) is 19.6 Å². The van der Waals surface area contributed by atoms with Gasteiger partial charge in [0.25, 0.3) is 5.91 Å². The molecule has 132 valence electrons. The van der Waals surface area contributed by atoms with Crippen LogP contribution in [0.5, 0.6) is 5.75 Å². The standard InChI is InChI=1S/C17H24FN3O3/c1-20(2)9-5-8-19-17(23)13-10-21(11-13)16(22)12-24-15-7-4-3-6-14(15)18/h3-4,6-7,13H,5,8-12H2,1-2H3,(H,19,23). The van der Waals surface area contributed by atoms with Gasteiger partial charge < -0.3 is 19.9 Å². The average molecular weight is 337 g/mol. The third kappa shape index (κ3) is 5.19. The second-order valence-electron chi connectivity index (χ2n) is 6.16. The van der Waals surface area contributed by atoms with Crippen molar-refractivity contribution in [3.05, 3.63) is 30.1 Å². The van der Waals surface area contributed by atoms with Gasteiger partial charge >= 0.3 is 0 Å². The highest BCUT2D eigenvalue weighted by atomic mass is 19.1. The lowest BCUT2D eigenvalue weighted by molar-refractivity contribution is -0.144. The Hall–Kier alpha value is -2.15. The second-order valence-corrected chi connectivity index (χ2v) is 6.16. The summed E-state index contributed by atoms with van der Waals surface area (Å²) in [6, 6.07) is 5.95. The Morgan fingerprint density at radius 2 is 2.04 bits per heavy atom. The summed E-state index contributed by atoms with van der Waals surface area (Å²) in [5.74, 6) is -0.866. The molecule has 0 atom stereocenters. The molecule has 0 aromatic heterocycles. The maximum atomic E-state index is 13.4. The van der Waals surface area contributed by atoms with Gasteiger partial charge in [0.1, 0.15) is 0 Å². The summed E-state index contributed by atoms with van der Waals surface area (Å²) in [4.78, 5) is 27.5. The minimum atomic E-state index is -0.496. The van der Waals surface area contributed by atoms with Crippen molar-refractivity contribution in [1.29, 1.82) is 0 Å².